The van der Waals surface area contributed by atoms with Crippen molar-refractivity contribution in [3.63, 3.8) is 0 Å². The molecular formula is C15H29N3. The van der Waals surface area contributed by atoms with Crippen LogP contribution in [-0.4, -0.2) is 54.1 Å². The summed E-state index contributed by atoms with van der Waals surface area (Å²) in [6, 6.07) is 0.823. The first-order valence-corrected chi connectivity index (χ1v) is 7.95. The van der Waals surface area contributed by atoms with Crippen LogP contribution in [0.1, 0.15) is 45.4 Å². The molecule has 0 amide bonds. The zero-order valence-electron chi connectivity index (χ0n) is 11.9. The summed E-state index contributed by atoms with van der Waals surface area (Å²) in [7, 11) is 0. The normalized spacial score (nSPS) is 43.0. The fourth-order valence-corrected chi connectivity index (χ4v) is 4.74. The molecule has 3 rings (SSSR count). The molecule has 3 nitrogen and oxygen atoms in total. The number of nitrogens with zero attached hydrogens (tertiary/aromatic N) is 2. The molecule has 0 aromatic carbocycles. The van der Waals surface area contributed by atoms with Gasteiger partial charge in [0.1, 0.15) is 0 Å². The molecule has 3 heteroatoms. The molecule has 0 aromatic heterocycles. The molecule has 2 heterocycles. The van der Waals surface area contributed by atoms with Crippen LogP contribution in [0.5, 0.6) is 0 Å². The van der Waals surface area contributed by atoms with Crippen molar-refractivity contribution >= 4 is 0 Å². The number of hydrogen-bond donors (Lipinski definition) is 1. The number of nitrogens with two attached hydrogens (primary N) is 1. The van der Waals surface area contributed by atoms with Gasteiger partial charge in [0.2, 0.25) is 0 Å². The molecule has 2 saturated heterocycles. The highest BCUT2D eigenvalue weighted by molar-refractivity contribution is 5.02. The van der Waals surface area contributed by atoms with E-state index in [0.29, 0.717) is 5.54 Å². The van der Waals surface area contributed by atoms with Gasteiger partial charge in [0, 0.05) is 31.2 Å². The number of fused-ring (bicyclic) bond motifs is 1. The summed E-state index contributed by atoms with van der Waals surface area (Å²) in [5, 5.41) is 0. The van der Waals surface area contributed by atoms with Crippen LogP contribution < -0.4 is 5.73 Å². The Labute approximate surface area is 112 Å². The maximum atomic E-state index is 6.22. The first-order valence-electron chi connectivity index (χ1n) is 7.95. The third kappa shape index (κ3) is 2.00. The number of rotatable bonds is 2. The second-order valence-corrected chi connectivity index (χ2v) is 6.73. The Morgan fingerprint density at radius 3 is 2.67 bits per heavy atom. The molecule has 0 radical (unpaired) electrons. The summed E-state index contributed by atoms with van der Waals surface area (Å²) < 4.78 is 0. The van der Waals surface area contributed by atoms with Crippen LogP contribution in [0.2, 0.25) is 0 Å². The predicted molar refractivity (Wildman–Crippen MR) is 75.6 cm³/mol. The van der Waals surface area contributed by atoms with Crippen LogP contribution in [0.25, 0.3) is 0 Å². The van der Waals surface area contributed by atoms with Crippen molar-refractivity contribution in [3.05, 3.63) is 0 Å². The van der Waals surface area contributed by atoms with Gasteiger partial charge in [0.25, 0.3) is 0 Å². The van der Waals surface area contributed by atoms with Gasteiger partial charge in [-0.05, 0) is 51.1 Å². The molecule has 3 fully saturated rings. The van der Waals surface area contributed by atoms with E-state index in [1.807, 2.05) is 0 Å². The lowest BCUT2D eigenvalue weighted by atomic mass is 9.85. The number of hydrogen-bond acceptors (Lipinski definition) is 3. The molecule has 1 aliphatic carbocycles. The van der Waals surface area contributed by atoms with E-state index >= 15 is 0 Å². The Morgan fingerprint density at radius 1 is 1.11 bits per heavy atom. The molecule has 3 aliphatic rings. The maximum absolute atomic E-state index is 6.22. The van der Waals surface area contributed by atoms with Crippen LogP contribution in [0, 0.1) is 5.92 Å². The second kappa shape index (κ2) is 5.10. The van der Waals surface area contributed by atoms with E-state index in [0.717, 1.165) is 18.5 Å². The van der Waals surface area contributed by atoms with Crippen LogP contribution >= 0.6 is 0 Å². The van der Waals surface area contributed by atoms with Crippen molar-refractivity contribution in [2.24, 2.45) is 11.7 Å². The third-order valence-corrected chi connectivity index (χ3v) is 5.95. The Kier molecular flexibility index (Phi) is 3.65. The van der Waals surface area contributed by atoms with Gasteiger partial charge in [0.05, 0.1) is 0 Å². The summed E-state index contributed by atoms with van der Waals surface area (Å²) in [6.45, 7) is 8.49. The minimum atomic E-state index is 0.332. The molecule has 2 aliphatic heterocycles. The summed E-state index contributed by atoms with van der Waals surface area (Å²) in [6.07, 6.45) is 8.24. The average Bonchev–Trinajstić information content (AvgIpc) is 2.91. The maximum Gasteiger partial charge on any atom is 0.0357 e. The highest BCUT2D eigenvalue weighted by Crippen LogP contribution is 2.41. The minimum Gasteiger partial charge on any atom is -0.329 e. The van der Waals surface area contributed by atoms with E-state index in [4.69, 9.17) is 5.73 Å². The van der Waals surface area contributed by atoms with Gasteiger partial charge in [-0.1, -0.05) is 13.3 Å². The monoisotopic (exact) mass is 251 g/mol. The van der Waals surface area contributed by atoms with Crippen LogP contribution in [0.15, 0.2) is 0 Å². The highest BCUT2D eigenvalue weighted by Gasteiger charge is 2.45. The van der Waals surface area contributed by atoms with Crippen molar-refractivity contribution in [1.29, 1.82) is 0 Å². The zero-order valence-corrected chi connectivity index (χ0v) is 11.9. The van der Waals surface area contributed by atoms with Gasteiger partial charge in [-0.25, -0.2) is 0 Å². The van der Waals surface area contributed by atoms with Gasteiger partial charge < -0.3 is 5.73 Å². The van der Waals surface area contributed by atoms with Crippen molar-refractivity contribution < 1.29 is 0 Å². The van der Waals surface area contributed by atoms with Crippen molar-refractivity contribution in [2.75, 3.05) is 32.7 Å². The van der Waals surface area contributed by atoms with Crippen LogP contribution in [0.3, 0.4) is 0 Å². The SMILES string of the molecule is CC1CCCC1(CN)N1CCCN2CCCC2C1. The molecule has 0 bridgehead atoms. The molecule has 18 heavy (non-hydrogen) atoms. The first-order chi connectivity index (χ1) is 8.76. The second-order valence-electron chi connectivity index (χ2n) is 6.73. The molecule has 0 aromatic rings. The van der Waals surface area contributed by atoms with Gasteiger partial charge in [-0.2, -0.15) is 0 Å². The third-order valence-electron chi connectivity index (χ3n) is 5.95. The van der Waals surface area contributed by atoms with E-state index in [2.05, 4.69) is 16.7 Å². The highest BCUT2D eigenvalue weighted by atomic mass is 15.3. The quantitative estimate of drug-likeness (QED) is 0.810. The van der Waals surface area contributed by atoms with Gasteiger partial charge in [-0.3, -0.25) is 9.80 Å². The van der Waals surface area contributed by atoms with E-state index in [1.165, 1.54) is 64.7 Å². The summed E-state index contributed by atoms with van der Waals surface area (Å²) >= 11 is 0. The summed E-state index contributed by atoms with van der Waals surface area (Å²) in [5.74, 6) is 0.787. The summed E-state index contributed by atoms with van der Waals surface area (Å²) in [4.78, 5) is 5.52. The summed E-state index contributed by atoms with van der Waals surface area (Å²) in [5.41, 5.74) is 6.55. The Balaban J connectivity index is 1.77. The lowest BCUT2D eigenvalue weighted by Crippen LogP contribution is -2.57. The van der Waals surface area contributed by atoms with Crippen molar-refractivity contribution in [2.45, 2.75) is 57.0 Å². The Bertz CT molecular complexity index is 293. The zero-order chi connectivity index (χ0) is 12.6. The topological polar surface area (TPSA) is 32.5 Å². The van der Waals surface area contributed by atoms with Crippen LogP contribution in [-0.2, 0) is 0 Å². The Morgan fingerprint density at radius 2 is 1.94 bits per heavy atom. The van der Waals surface area contributed by atoms with E-state index < -0.39 is 0 Å². The lowest BCUT2D eigenvalue weighted by Gasteiger charge is -2.44. The van der Waals surface area contributed by atoms with Crippen molar-refractivity contribution in [1.82, 2.24) is 9.80 Å². The molecule has 3 unspecified atom stereocenters. The van der Waals surface area contributed by atoms with Crippen molar-refractivity contribution in [3.8, 4) is 0 Å². The molecule has 0 spiro atoms. The van der Waals surface area contributed by atoms with E-state index in [-0.39, 0.29) is 0 Å². The molecule has 104 valence electrons. The van der Waals surface area contributed by atoms with Gasteiger partial charge in [-0.15, -0.1) is 0 Å². The van der Waals surface area contributed by atoms with Crippen LogP contribution in [0.4, 0.5) is 0 Å². The standard InChI is InChI=1S/C15H29N3/c1-13-5-2-7-15(13,12-16)18-10-4-9-17-8-3-6-14(17)11-18/h13-14H,2-12,16H2,1H3. The van der Waals surface area contributed by atoms with Gasteiger partial charge in [0.15, 0.2) is 0 Å². The lowest BCUT2D eigenvalue weighted by molar-refractivity contribution is 0.0569. The predicted octanol–water partition coefficient (Wildman–Crippen LogP) is 1.67. The first kappa shape index (κ1) is 12.9. The van der Waals surface area contributed by atoms with E-state index in [9.17, 15) is 0 Å². The fraction of sp³-hybridized carbons (Fsp3) is 1.00. The minimum absolute atomic E-state index is 0.332. The Hall–Kier alpha value is -0.120. The smallest absolute Gasteiger partial charge is 0.0357 e. The average molecular weight is 251 g/mol. The largest absolute Gasteiger partial charge is 0.329 e. The molecule has 2 N–H and O–H groups in total. The van der Waals surface area contributed by atoms with Gasteiger partial charge >= 0.3 is 0 Å². The van der Waals surface area contributed by atoms with E-state index in [1.54, 1.807) is 0 Å². The molecule has 1 saturated carbocycles. The fourth-order valence-electron chi connectivity index (χ4n) is 4.74. The molecular weight excluding hydrogens is 222 g/mol. The molecule has 3 atom stereocenters.